The van der Waals surface area contributed by atoms with E-state index in [9.17, 15) is 0 Å². The molecular formula is C16H26N2. The number of hydrogen-bond acceptors (Lipinski definition) is 2. The summed E-state index contributed by atoms with van der Waals surface area (Å²) in [4.78, 5) is 0. The highest BCUT2D eigenvalue weighted by Gasteiger charge is 2.12. The minimum Gasteiger partial charge on any atom is -0.328 e. The topological polar surface area (TPSA) is 38.0 Å². The molecule has 0 saturated heterocycles. The van der Waals surface area contributed by atoms with Gasteiger partial charge in [0.2, 0.25) is 0 Å². The molecule has 3 N–H and O–H groups in total. The van der Waals surface area contributed by atoms with Crippen LogP contribution in [0.2, 0.25) is 0 Å². The molecule has 2 atom stereocenters. The standard InChI is InChI=1S/C16H26N2/c17-15-9-4-5-11-16(12-6-10-15)18-13-14-7-2-1-3-8-14/h1-3,7-8,15-16,18H,4-6,9-13,17H2. The first-order chi connectivity index (χ1) is 8.84. The summed E-state index contributed by atoms with van der Waals surface area (Å²) in [7, 11) is 0. The van der Waals surface area contributed by atoms with Crippen LogP contribution in [0.15, 0.2) is 30.3 Å². The first-order valence-electron chi connectivity index (χ1n) is 7.37. The van der Waals surface area contributed by atoms with Gasteiger partial charge >= 0.3 is 0 Å². The highest BCUT2D eigenvalue weighted by atomic mass is 14.9. The van der Waals surface area contributed by atoms with Gasteiger partial charge in [-0.25, -0.2) is 0 Å². The summed E-state index contributed by atoms with van der Waals surface area (Å²) in [6.45, 7) is 0.998. The summed E-state index contributed by atoms with van der Waals surface area (Å²) >= 11 is 0. The van der Waals surface area contributed by atoms with Gasteiger partial charge in [-0.3, -0.25) is 0 Å². The molecule has 2 unspecified atom stereocenters. The Labute approximate surface area is 111 Å². The maximum absolute atomic E-state index is 6.06. The van der Waals surface area contributed by atoms with E-state index in [1.54, 1.807) is 0 Å². The van der Waals surface area contributed by atoms with Gasteiger partial charge in [-0.2, -0.15) is 0 Å². The summed E-state index contributed by atoms with van der Waals surface area (Å²) < 4.78 is 0. The Balaban J connectivity index is 1.77. The van der Waals surface area contributed by atoms with Crippen molar-refractivity contribution in [2.75, 3.05) is 0 Å². The first-order valence-corrected chi connectivity index (χ1v) is 7.37. The van der Waals surface area contributed by atoms with Gasteiger partial charge in [0.05, 0.1) is 0 Å². The van der Waals surface area contributed by atoms with E-state index < -0.39 is 0 Å². The lowest BCUT2D eigenvalue weighted by Crippen LogP contribution is -2.28. The summed E-state index contributed by atoms with van der Waals surface area (Å²) in [5.41, 5.74) is 7.45. The summed E-state index contributed by atoms with van der Waals surface area (Å²) in [5.74, 6) is 0. The number of nitrogens with one attached hydrogen (secondary N) is 1. The zero-order valence-corrected chi connectivity index (χ0v) is 11.3. The van der Waals surface area contributed by atoms with Crippen molar-refractivity contribution in [1.82, 2.24) is 5.32 Å². The lowest BCUT2D eigenvalue weighted by atomic mass is 10.0. The number of benzene rings is 1. The van der Waals surface area contributed by atoms with Crippen molar-refractivity contribution in [3.05, 3.63) is 35.9 Å². The first kappa shape index (κ1) is 13.6. The van der Waals surface area contributed by atoms with Gasteiger partial charge in [0, 0.05) is 18.6 Å². The predicted octanol–water partition coefficient (Wildman–Crippen LogP) is 3.22. The zero-order valence-electron chi connectivity index (χ0n) is 11.3. The number of nitrogens with two attached hydrogens (primary N) is 1. The molecule has 0 bridgehead atoms. The molecule has 2 heteroatoms. The molecule has 1 saturated carbocycles. The Morgan fingerprint density at radius 1 is 0.944 bits per heavy atom. The van der Waals surface area contributed by atoms with Crippen molar-refractivity contribution >= 4 is 0 Å². The van der Waals surface area contributed by atoms with E-state index in [-0.39, 0.29) is 0 Å². The Kier molecular flexibility index (Phi) is 5.69. The van der Waals surface area contributed by atoms with E-state index in [1.165, 1.54) is 50.5 Å². The molecule has 1 fully saturated rings. The van der Waals surface area contributed by atoms with Gasteiger partial charge in [0.25, 0.3) is 0 Å². The maximum Gasteiger partial charge on any atom is 0.0208 e. The van der Waals surface area contributed by atoms with E-state index in [0.29, 0.717) is 12.1 Å². The zero-order chi connectivity index (χ0) is 12.6. The van der Waals surface area contributed by atoms with Crippen LogP contribution < -0.4 is 11.1 Å². The molecular weight excluding hydrogens is 220 g/mol. The van der Waals surface area contributed by atoms with Gasteiger partial charge in [-0.1, -0.05) is 49.6 Å². The highest BCUT2D eigenvalue weighted by Crippen LogP contribution is 2.17. The fourth-order valence-electron chi connectivity index (χ4n) is 2.77. The Hall–Kier alpha value is -0.860. The van der Waals surface area contributed by atoms with E-state index >= 15 is 0 Å². The molecule has 1 aliphatic rings. The van der Waals surface area contributed by atoms with Gasteiger partial charge in [0.15, 0.2) is 0 Å². The quantitative estimate of drug-likeness (QED) is 0.859. The lowest BCUT2D eigenvalue weighted by molar-refractivity contribution is 0.431. The molecule has 0 aliphatic heterocycles. The molecule has 0 radical (unpaired) electrons. The van der Waals surface area contributed by atoms with Crippen LogP contribution >= 0.6 is 0 Å². The number of hydrogen-bond donors (Lipinski definition) is 2. The summed E-state index contributed by atoms with van der Waals surface area (Å²) in [5, 5.41) is 3.71. The van der Waals surface area contributed by atoms with Gasteiger partial charge < -0.3 is 11.1 Å². The van der Waals surface area contributed by atoms with Crippen LogP contribution in [-0.2, 0) is 6.54 Å². The fraction of sp³-hybridized carbons (Fsp3) is 0.625. The molecule has 2 nitrogen and oxygen atoms in total. The SMILES string of the molecule is NC1CCCCC(NCc2ccccc2)CCC1. The molecule has 0 spiro atoms. The van der Waals surface area contributed by atoms with Crippen LogP contribution in [0.25, 0.3) is 0 Å². The third-order valence-corrected chi connectivity index (χ3v) is 3.94. The van der Waals surface area contributed by atoms with E-state index in [0.717, 1.165) is 6.54 Å². The second-order valence-electron chi connectivity index (χ2n) is 5.54. The molecule has 0 heterocycles. The molecule has 1 aromatic rings. The van der Waals surface area contributed by atoms with Crippen LogP contribution in [0.1, 0.15) is 50.5 Å². The van der Waals surface area contributed by atoms with Crippen molar-refractivity contribution in [1.29, 1.82) is 0 Å². The second-order valence-corrected chi connectivity index (χ2v) is 5.54. The molecule has 2 rings (SSSR count). The summed E-state index contributed by atoms with van der Waals surface area (Å²) in [6.07, 6.45) is 8.88. The normalized spacial score (nSPS) is 26.1. The lowest BCUT2D eigenvalue weighted by Gasteiger charge is -2.18. The van der Waals surface area contributed by atoms with E-state index in [2.05, 4.69) is 35.6 Å². The van der Waals surface area contributed by atoms with Gasteiger partial charge in [-0.15, -0.1) is 0 Å². The molecule has 0 aromatic heterocycles. The van der Waals surface area contributed by atoms with Crippen molar-refractivity contribution in [2.45, 2.75) is 63.6 Å². The van der Waals surface area contributed by atoms with Crippen molar-refractivity contribution in [3.63, 3.8) is 0 Å². The van der Waals surface area contributed by atoms with Gasteiger partial charge in [-0.05, 0) is 31.2 Å². The molecule has 18 heavy (non-hydrogen) atoms. The molecule has 1 aromatic carbocycles. The minimum absolute atomic E-state index is 0.442. The highest BCUT2D eigenvalue weighted by molar-refractivity contribution is 5.14. The van der Waals surface area contributed by atoms with Crippen LogP contribution in [0.5, 0.6) is 0 Å². The van der Waals surface area contributed by atoms with E-state index in [4.69, 9.17) is 5.73 Å². The third kappa shape index (κ3) is 4.79. The number of rotatable bonds is 3. The minimum atomic E-state index is 0.442. The average Bonchev–Trinajstić information content (AvgIpc) is 2.50. The van der Waals surface area contributed by atoms with Crippen LogP contribution in [-0.4, -0.2) is 12.1 Å². The average molecular weight is 246 g/mol. The third-order valence-electron chi connectivity index (χ3n) is 3.94. The van der Waals surface area contributed by atoms with Crippen LogP contribution in [0.4, 0.5) is 0 Å². The molecule has 0 amide bonds. The van der Waals surface area contributed by atoms with Gasteiger partial charge in [0.1, 0.15) is 0 Å². The molecule has 1 aliphatic carbocycles. The Morgan fingerprint density at radius 2 is 1.61 bits per heavy atom. The monoisotopic (exact) mass is 246 g/mol. The fourth-order valence-corrected chi connectivity index (χ4v) is 2.77. The summed E-state index contributed by atoms with van der Waals surface area (Å²) in [6, 6.07) is 11.8. The maximum atomic E-state index is 6.06. The largest absolute Gasteiger partial charge is 0.328 e. The molecule has 100 valence electrons. The van der Waals surface area contributed by atoms with Crippen molar-refractivity contribution in [2.24, 2.45) is 5.73 Å². The van der Waals surface area contributed by atoms with E-state index in [1.807, 2.05) is 0 Å². The Morgan fingerprint density at radius 3 is 2.44 bits per heavy atom. The van der Waals surface area contributed by atoms with Crippen molar-refractivity contribution in [3.8, 4) is 0 Å². The second kappa shape index (κ2) is 7.55. The van der Waals surface area contributed by atoms with Crippen molar-refractivity contribution < 1.29 is 0 Å². The van der Waals surface area contributed by atoms with Crippen LogP contribution in [0, 0.1) is 0 Å². The smallest absolute Gasteiger partial charge is 0.0208 e. The predicted molar refractivity (Wildman–Crippen MR) is 77.4 cm³/mol. The van der Waals surface area contributed by atoms with Crippen LogP contribution in [0.3, 0.4) is 0 Å². The Bertz CT molecular complexity index is 323.